The minimum Gasteiger partial charge on any atom is -0.508 e. The zero-order valence-corrected chi connectivity index (χ0v) is 44.2. The number of pyridine rings is 2. The van der Waals surface area contributed by atoms with Gasteiger partial charge in [0.15, 0.2) is 22.6 Å². The van der Waals surface area contributed by atoms with E-state index in [1.54, 1.807) is 61.2 Å². The molecular formula is C54H46BIN16O6. The molecule has 0 unspecified atom stereocenters. The lowest BCUT2D eigenvalue weighted by molar-refractivity contribution is 0.424. The normalized spacial score (nSPS) is 11.2. The number of hydrogen-bond donors (Lipinski definition) is 6. The minimum atomic E-state index is -1.51. The average molecular weight is 1150 g/mol. The zero-order chi connectivity index (χ0) is 54.9. The molecule has 0 saturated heterocycles. The predicted molar refractivity (Wildman–Crippen MR) is 305 cm³/mol. The van der Waals surface area contributed by atoms with E-state index in [1.807, 2.05) is 88.4 Å². The molecule has 78 heavy (non-hydrogen) atoms. The second-order valence-corrected chi connectivity index (χ2v) is 19.0. The zero-order valence-electron chi connectivity index (χ0n) is 42.1. The van der Waals surface area contributed by atoms with Crippen LogP contribution < -0.4 is 28.0 Å². The third-order valence-electron chi connectivity index (χ3n) is 12.8. The molecule has 8 heterocycles. The fraction of sp³-hybridized carbons (Fsp3) is 0.111. The number of nitrogen functional groups attached to an aromatic ring is 2. The Hall–Kier alpha value is -9.53. The van der Waals surface area contributed by atoms with Gasteiger partial charge in [0.2, 0.25) is 0 Å². The van der Waals surface area contributed by atoms with E-state index in [1.165, 1.54) is 30.9 Å². The van der Waals surface area contributed by atoms with Crippen molar-refractivity contribution in [2.45, 2.75) is 40.8 Å². The van der Waals surface area contributed by atoms with E-state index in [9.17, 15) is 14.7 Å². The number of fused-ring (bicyclic) bond motifs is 4. The SMILES string of the molecule is Cc1ccccc1-n1c(Cn2nc(-c3cccc(O)c3)c3c(N)ncnc32)nc2nccc(C)c2c1=O.Cc1ccccc1-n1c(Cn2nc(I)c3c(N)ncnc32)nc2nccc(C)c2c1=O.OB(O)c1cccc(O)c1. The van der Waals surface area contributed by atoms with E-state index in [0.29, 0.717) is 82.0 Å². The molecule has 0 radical (unpaired) electrons. The fourth-order valence-electron chi connectivity index (χ4n) is 8.97. The number of rotatable bonds is 8. The number of nitrogens with zero attached hydrogens (tertiary/aromatic N) is 14. The third kappa shape index (κ3) is 10.0. The van der Waals surface area contributed by atoms with Crippen molar-refractivity contribution in [1.82, 2.24) is 68.6 Å². The quantitative estimate of drug-likeness (QED) is 0.0821. The number of para-hydroxylation sites is 2. The van der Waals surface area contributed by atoms with Crippen molar-refractivity contribution >= 4 is 90.9 Å². The van der Waals surface area contributed by atoms with Gasteiger partial charge in [-0.1, -0.05) is 60.7 Å². The van der Waals surface area contributed by atoms with Crippen LogP contribution in [0.5, 0.6) is 11.5 Å². The molecule has 388 valence electrons. The van der Waals surface area contributed by atoms with Gasteiger partial charge in [0.25, 0.3) is 11.1 Å². The highest BCUT2D eigenvalue weighted by Crippen LogP contribution is 2.32. The second-order valence-electron chi connectivity index (χ2n) is 18.0. The Morgan fingerprint density at radius 1 is 0.538 bits per heavy atom. The Bertz CT molecular complexity index is 4410. The highest BCUT2D eigenvalue weighted by molar-refractivity contribution is 14.1. The summed E-state index contributed by atoms with van der Waals surface area (Å²) < 4.78 is 7.26. The largest absolute Gasteiger partial charge is 0.508 e. The van der Waals surface area contributed by atoms with Crippen LogP contribution in [0.4, 0.5) is 11.6 Å². The number of nitrogens with two attached hydrogens (primary N) is 2. The van der Waals surface area contributed by atoms with Crippen LogP contribution in [0.25, 0.3) is 66.8 Å². The highest BCUT2D eigenvalue weighted by Gasteiger charge is 2.23. The van der Waals surface area contributed by atoms with Crippen LogP contribution in [-0.2, 0) is 13.1 Å². The molecule has 12 aromatic rings. The number of phenols is 2. The summed E-state index contributed by atoms with van der Waals surface area (Å²) in [5.74, 6) is 1.69. The molecule has 0 amide bonds. The van der Waals surface area contributed by atoms with Crippen LogP contribution in [0.3, 0.4) is 0 Å². The molecule has 0 aliphatic carbocycles. The van der Waals surface area contributed by atoms with E-state index in [0.717, 1.165) is 33.6 Å². The summed E-state index contributed by atoms with van der Waals surface area (Å²) in [6, 6.07) is 31.5. The Morgan fingerprint density at radius 3 is 1.53 bits per heavy atom. The Labute approximate surface area is 456 Å². The predicted octanol–water partition coefficient (Wildman–Crippen LogP) is 5.38. The van der Waals surface area contributed by atoms with E-state index in [-0.39, 0.29) is 41.5 Å². The monoisotopic (exact) mass is 1150 g/mol. The number of aromatic nitrogens is 14. The molecule has 0 fully saturated rings. The number of phenolic OH excluding ortho intramolecular Hbond substituents is 2. The minimum absolute atomic E-state index is 0.0330. The summed E-state index contributed by atoms with van der Waals surface area (Å²) in [5.41, 5.74) is 20.2. The van der Waals surface area contributed by atoms with Crippen LogP contribution in [0, 0.1) is 31.4 Å². The van der Waals surface area contributed by atoms with Gasteiger partial charge in [-0.2, -0.15) is 10.2 Å². The topological polar surface area (TPSA) is 316 Å². The summed E-state index contributed by atoms with van der Waals surface area (Å²) in [7, 11) is -1.51. The average Bonchev–Trinajstić information content (AvgIpc) is 4.13. The molecule has 0 spiro atoms. The molecule has 0 aliphatic heterocycles. The van der Waals surface area contributed by atoms with Gasteiger partial charge in [-0.25, -0.2) is 49.2 Å². The third-order valence-corrected chi connectivity index (χ3v) is 13.5. The van der Waals surface area contributed by atoms with Crippen molar-refractivity contribution in [3.8, 4) is 34.1 Å². The molecule has 8 N–H and O–H groups in total. The van der Waals surface area contributed by atoms with Crippen molar-refractivity contribution in [2.75, 3.05) is 11.5 Å². The summed E-state index contributed by atoms with van der Waals surface area (Å²) in [5, 5.41) is 47.6. The molecule has 0 aliphatic rings. The second kappa shape index (κ2) is 21.6. The van der Waals surface area contributed by atoms with E-state index >= 15 is 0 Å². The van der Waals surface area contributed by atoms with Crippen molar-refractivity contribution in [3.63, 3.8) is 0 Å². The molecule has 12 rings (SSSR count). The van der Waals surface area contributed by atoms with Crippen molar-refractivity contribution in [2.24, 2.45) is 0 Å². The molecule has 4 aromatic carbocycles. The summed E-state index contributed by atoms with van der Waals surface area (Å²) in [4.78, 5) is 62.8. The number of halogens is 1. The summed E-state index contributed by atoms with van der Waals surface area (Å²) in [6.45, 7) is 8.00. The Morgan fingerprint density at radius 2 is 1.03 bits per heavy atom. The molecular weight excluding hydrogens is 1110 g/mol. The van der Waals surface area contributed by atoms with Gasteiger partial charge in [-0.15, -0.1) is 0 Å². The highest BCUT2D eigenvalue weighted by atomic mass is 127. The van der Waals surface area contributed by atoms with Gasteiger partial charge in [-0.05, 0) is 127 Å². The lowest BCUT2D eigenvalue weighted by atomic mass is 9.80. The lowest BCUT2D eigenvalue weighted by Gasteiger charge is -2.16. The van der Waals surface area contributed by atoms with Crippen LogP contribution in [-0.4, -0.2) is 95.9 Å². The lowest BCUT2D eigenvalue weighted by Crippen LogP contribution is -2.29. The van der Waals surface area contributed by atoms with Gasteiger partial charge >= 0.3 is 7.12 Å². The Balaban J connectivity index is 0.000000152. The summed E-state index contributed by atoms with van der Waals surface area (Å²) >= 11 is 2.10. The Kier molecular flexibility index (Phi) is 14.4. The van der Waals surface area contributed by atoms with Crippen LogP contribution in [0.15, 0.2) is 144 Å². The molecule has 22 nitrogen and oxygen atoms in total. The first kappa shape index (κ1) is 51.9. The van der Waals surface area contributed by atoms with Gasteiger partial charge < -0.3 is 31.7 Å². The number of hydrogen-bond acceptors (Lipinski definition) is 18. The molecule has 24 heteroatoms. The number of anilines is 2. The van der Waals surface area contributed by atoms with Crippen LogP contribution in [0.1, 0.15) is 33.9 Å². The van der Waals surface area contributed by atoms with Crippen molar-refractivity contribution in [3.05, 3.63) is 193 Å². The first-order valence-corrected chi connectivity index (χ1v) is 25.1. The standard InChI is InChI=1S/C27H22N8O2.C21H17IN8O.C6H7BO3/c1-15-6-3-4-9-19(15)35-20(32-25-21(27(35)37)16(2)10-11-29-25)13-34-26-22(24(28)30-14-31-26)23(33-34)17-7-5-8-18(36)12-17;1-11-5-3-4-6-13(11)30-14(27-19-15(21(30)31)12(2)7-8-24-19)9-29-20-16(17(22)28-29)18(23)25-10-26-20;8-6-3-1-2-5(4-6)7(9)10/h3-12,14,36H,13H2,1-2H3,(H2,28,30,31);3-8,10H,9H2,1-2H3,(H2,23,25,26);1-4,8-10H. The number of aromatic hydroxyl groups is 2. The van der Waals surface area contributed by atoms with E-state index < -0.39 is 7.12 Å². The fourth-order valence-corrected chi connectivity index (χ4v) is 9.75. The van der Waals surface area contributed by atoms with Crippen molar-refractivity contribution in [1.29, 1.82) is 0 Å². The maximum atomic E-state index is 13.9. The van der Waals surface area contributed by atoms with E-state index in [4.69, 9.17) is 41.7 Å². The summed E-state index contributed by atoms with van der Waals surface area (Å²) in [6.07, 6.45) is 6.07. The van der Waals surface area contributed by atoms with Gasteiger partial charge in [0, 0.05) is 18.0 Å². The molecule has 0 saturated carbocycles. The van der Waals surface area contributed by atoms with Gasteiger partial charge in [0.05, 0.1) is 32.9 Å². The van der Waals surface area contributed by atoms with E-state index in [2.05, 4.69) is 57.6 Å². The number of benzene rings is 4. The molecule has 0 atom stereocenters. The van der Waals surface area contributed by atoms with Crippen LogP contribution in [0.2, 0.25) is 0 Å². The maximum Gasteiger partial charge on any atom is 0.488 e. The van der Waals surface area contributed by atoms with Gasteiger partial charge in [0.1, 0.15) is 69.9 Å². The molecule has 8 aromatic heterocycles. The van der Waals surface area contributed by atoms with Crippen molar-refractivity contribution < 1.29 is 20.3 Å². The molecule has 0 bridgehead atoms. The number of aryl methyl sites for hydroxylation is 4. The smallest absolute Gasteiger partial charge is 0.488 e. The maximum absolute atomic E-state index is 13.9. The first-order chi connectivity index (χ1) is 37.6. The first-order valence-electron chi connectivity index (χ1n) is 24.0. The van der Waals surface area contributed by atoms with Gasteiger partial charge in [-0.3, -0.25) is 18.7 Å². The van der Waals surface area contributed by atoms with Crippen LogP contribution >= 0.6 is 22.6 Å².